The van der Waals surface area contributed by atoms with E-state index in [9.17, 15) is 9.90 Å². The van der Waals surface area contributed by atoms with Gasteiger partial charge in [-0.15, -0.1) is 0 Å². The monoisotopic (exact) mass is 339 g/mol. The summed E-state index contributed by atoms with van der Waals surface area (Å²) in [6.45, 7) is 13.6. The van der Waals surface area contributed by atoms with E-state index in [2.05, 4.69) is 24.8 Å². The van der Waals surface area contributed by atoms with Gasteiger partial charge >= 0.3 is 0 Å². The Kier molecular flexibility index (Phi) is 3.61. The minimum absolute atomic E-state index is 0.0736. The third kappa shape index (κ3) is 2.30. The quantitative estimate of drug-likeness (QED) is 0.514. The predicted molar refractivity (Wildman–Crippen MR) is 97.4 cm³/mol. The van der Waals surface area contributed by atoms with Crippen molar-refractivity contribution in [3.05, 3.63) is 34.8 Å². The van der Waals surface area contributed by atoms with Crippen LogP contribution in [0.3, 0.4) is 0 Å². The van der Waals surface area contributed by atoms with E-state index >= 15 is 0 Å². The highest BCUT2D eigenvalue weighted by Crippen LogP contribution is 2.65. The van der Waals surface area contributed by atoms with Gasteiger partial charge in [0.05, 0.1) is 12.2 Å². The lowest BCUT2D eigenvalue weighted by molar-refractivity contribution is -0.142. The number of fused-ring (bicyclic) bond motifs is 5. The lowest BCUT2D eigenvalue weighted by Gasteiger charge is -2.57. The summed E-state index contributed by atoms with van der Waals surface area (Å²) < 4.78 is 0. The summed E-state index contributed by atoms with van der Waals surface area (Å²) >= 11 is 0. The summed E-state index contributed by atoms with van der Waals surface area (Å²) in [5, 5.41) is 10.5. The SMILES string of the molecule is [C-]#[N+]/C=C1/CC[C@H]2[C@@H]3CC=C4C[C@](C)(O)CC[C@]4(C)[C@H]3C(=O)C[C@]12C. The Morgan fingerprint density at radius 2 is 2.00 bits per heavy atom. The van der Waals surface area contributed by atoms with Crippen molar-refractivity contribution in [2.45, 2.75) is 71.3 Å². The zero-order chi connectivity index (χ0) is 18.0. The maximum atomic E-state index is 13.4. The molecular formula is C22H29NO2. The molecule has 3 nitrogen and oxygen atoms in total. The van der Waals surface area contributed by atoms with E-state index in [0.717, 1.165) is 32.1 Å². The molecule has 0 unspecified atom stereocenters. The van der Waals surface area contributed by atoms with Crippen LogP contribution in [0.25, 0.3) is 4.85 Å². The molecule has 4 aliphatic rings. The van der Waals surface area contributed by atoms with Crippen LogP contribution in [-0.4, -0.2) is 16.5 Å². The second-order valence-electron chi connectivity index (χ2n) is 9.69. The molecule has 25 heavy (non-hydrogen) atoms. The molecule has 0 spiro atoms. The largest absolute Gasteiger partial charge is 0.390 e. The fourth-order valence-corrected chi connectivity index (χ4v) is 6.77. The van der Waals surface area contributed by atoms with Crippen molar-refractivity contribution in [2.24, 2.45) is 28.6 Å². The number of hydrogen-bond acceptors (Lipinski definition) is 2. The van der Waals surface area contributed by atoms with Gasteiger partial charge < -0.3 is 5.11 Å². The minimum atomic E-state index is -0.622. The van der Waals surface area contributed by atoms with Gasteiger partial charge in [0.25, 0.3) is 0 Å². The number of ketones is 1. The van der Waals surface area contributed by atoms with Crippen LogP contribution in [0.4, 0.5) is 0 Å². The van der Waals surface area contributed by atoms with Gasteiger partial charge in [0.15, 0.2) is 6.20 Å². The van der Waals surface area contributed by atoms with E-state index in [0.29, 0.717) is 30.5 Å². The zero-order valence-corrected chi connectivity index (χ0v) is 15.6. The first-order valence-electron chi connectivity index (χ1n) is 9.72. The van der Waals surface area contributed by atoms with Crippen molar-refractivity contribution >= 4 is 5.78 Å². The summed E-state index contributed by atoms with van der Waals surface area (Å²) in [5.74, 6) is 1.42. The van der Waals surface area contributed by atoms with Crippen LogP contribution in [0.5, 0.6) is 0 Å². The second kappa shape index (κ2) is 5.30. The van der Waals surface area contributed by atoms with Crippen LogP contribution in [-0.2, 0) is 4.79 Å². The standard InChI is InChI=1S/C22H29NO2/c1-20(25)9-10-21(2)14(11-20)5-7-16-17-8-6-15(13-23-4)22(17,3)12-18(24)19(16)21/h5,13,16-17,19,25H,6-12H2,1-3H3/b15-13-/t16-,17-,19+,20+,21-,22+/m0/s1. The molecule has 0 aromatic carbocycles. The molecule has 4 aliphatic carbocycles. The molecule has 0 heterocycles. The van der Waals surface area contributed by atoms with Gasteiger partial charge in [0, 0.05) is 12.3 Å². The number of carbonyl (C=O) groups is 1. The first-order valence-corrected chi connectivity index (χ1v) is 9.72. The molecule has 3 heteroatoms. The number of allylic oxidation sites excluding steroid dienone is 2. The molecule has 0 bridgehead atoms. The van der Waals surface area contributed by atoms with Gasteiger partial charge in [0.2, 0.25) is 0 Å². The van der Waals surface area contributed by atoms with Gasteiger partial charge in [-0.3, -0.25) is 4.79 Å². The molecule has 0 aromatic rings. The van der Waals surface area contributed by atoms with E-state index < -0.39 is 5.60 Å². The number of rotatable bonds is 0. The molecule has 1 N–H and O–H groups in total. The Labute approximate surface area is 151 Å². The molecule has 134 valence electrons. The van der Waals surface area contributed by atoms with Crippen LogP contribution in [0.15, 0.2) is 23.4 Å². The number of Topliss-reactive ketones (excluding diaryl/α,β-unsaturated/α-hetero) is 1. The number of nitrogens with zero attached hydrogens (tertiary/aromatic N) is 1. The van der Waals surface area contributed by atoms with E-state index in [1.165, 1.54) is 11.1 Å². The van der Waals surface area contributed by atoms with Gasteiger partial charge in [-0.2, -0.15) is 0 Å². The van der Waals surface area contributed by atoms with E-state index in [-0.39, 0.29) is 16.7 Å². The summed E-state index contributed by atoms with van der Waals surface area (Å²) in [4.78, 5) is 16.9. The third-order valence-electron chi connectivity index (χ3n) is 8.14. The lowest BCUT2D eigenvalue weighted by Crippen LogP contribution is -2.54. The number of carbonyl (C=O) groups excluding carboxylic acids is 1. The summed E-state index contributed by atoms with van der Waals surface area (Å²) in [6.07, 6.45) is 10.1. The van der Waals surface area contributed by atoms with E-state index in [1.54, 1.807) is 6.20 Å². The molecule has 0 saturated heterocycles. The van der Waals surface area contributed by atoms with Crippen LogP contribution < -0.4 is 0 Å². The van der Waals surface area contributed by atoms with Gasteiger partial charge in [-0.05, 0) is 68.1 Å². The van der Waals surface area contributed by atoms with Crippen molar-refractivity contribution in [3.63, 3.8) is 0 Å². The summed E-state index contributed by atoms with van der Waals surface area (Å²) in [7, 11) is 0. The Morgan fingerprint density at radius 1 is 1.24 bits per heavy atom. The third-order valence-corrected chi connectivity index (χ3v) is 8.14. The molecule has 0 aliphatic heterocycles. The maximum absolute atomic E-state index is 13.4. The molecule has 3 fully saturated rings. The molecule has 0 aromatic heterocycles. The highest BCUT2D eigenvalue weighted by molar-refractivity contribution is 5.85. The zero-order valence-electron chi connectivity index (χ0n) is 15.6. The Morgan fingerprint density at radius 3 is 2.72 bits per heavy atom. The first kappa shape index (κ1) is 17.0. The van der Waals surface area contributed by atoms with Gasteiger partial charge in [-0.25, -0.2) is 4.85 Å². The highest BCUT2D eigenvalue weighted by atomic mass is 16.3. The Bertz CT molecular complexity index is 725. The number of hydrogen-bond donors (Lipinski definition) is 1. The van der Waals surface area contributed by atoms with Crippen molar-refractivity contribution in [3.8, 4) is 0 Å². The van der Waals surface area contributed by atoms with Crippen LogP contribution in [0, 0.1) is 35.2 Å². The van der Waals surface area contributed by atoms with Gasteiger partial charge in [0.1, 0.15) is 5.78 Å². The van der Waals surface area contributed by atoms with E-state index in [1.807, 2.05) is 6.92 Å². The van der Waals surface area contributed by atoms with Gasteiger partial charge in [-0.1, -0.05) is 31.1 Å². The summed E-state index contributed by atoms with van der Waals surface area (Å²) in [6, 6.07) is 0. The van der Waals surface area contributed by atoms with Crippen molar-refractivity contribution in [2.75, 3.05) is 0 Å². The summed E-state index contributed by atoms with van der Waals surface area (Å²) in [5.41, 5.74) is 1.71. The lowest BCUT2D eigenvalue weighted by atomic mass is 9.46. The average molecular weight is 339 g/mol. The Balaban J connectivity index is 1.74. The van der Waals surface area contributed by atoms with Crippen molar-refractivity contribution in [1.29, 1.82) is 0 Å². The molecule has 6 atom stereocenters. The topological polar surface area (TPSA) is 41.7 Å². The average Bonchev–Trinajstić information content (AvgIpc) is 2.84. The molecular weight excluding hydrogens is 310 g/mol. The first-order chi connectivity index (χ1) is 11.7. The predicted octanol–water partition coefficient (Wildman–Crippen LogP) is 4.68. The fraction of sp³-hybridized carbons (Fsp3) is 0.727. The maximum Gasteiger partial charge on any atom is 0.154 e. The van der Waals surface area contributed by atoms with Crippen LogP contribution >= 0.6 is 0 Å². The normalized spacial score (nSPS) is 50.5. The van der Waals surface area contributed by atoms with Crippen molar-refractivity contribution in [1.82, 2.24) is 0 Å². The smallest absolute Gasteiger partial charge is 0.154 e. The van der Waals surface area contributed by atoms with E-state index in [4.69, 9.17) is 6.57 Å². The molecule has 0 amide bonds. The number of aliphatic hydroxyl groups is 1. The minimum Gasteiger partial charge on any atom is -0.390 e. The highest BCUT2D eigenvalue weighted by Gasteiger charge is 2.60. The molecule has 3 saturated carbocycles. The Hall–Kier alpha value is -1.40. The molecule has 4 rings (SSSR count). The fourth-order valence-electron chi connectivity index (χ4n) is 6.77. The molecule has 0 radical (unpaired) electrons. The second-order valence-corrected chi connectivity index (χ2v) is 9.69. The van der Waals surface area contributed by atoms with Crippen LogP contribution in [0.1, 0.15) is 65.7 Å². The van der Waals surface area contributed by atoms with Crippen LogP contribution in [0.2, 0.25) is 0 Å². The van der Waals surface area contributed by atoms with Crippen molar-refractivity contribution < 1.29 is 9.90 Å².